The van der Waals surface area contributed by atoms with Gasteiger partial charge >= 0.3 is 5.97 Å². The smallest absolute Gasteiger partial charge is 0.340 e. The molecule has 0 aliphatic rings. The molecule has 3 rings (SSSR count). The van der Waals surface area contributed by atoms with Gasteiger partial charge in [-0.15, -0.1) is 0 Å². The van der Waals surface area contributed by atoms with Crippen molar-refractivity contribution in [2.45, 2.75) is 26.1 Å². The Labute approximate surface area is 166 Å². The van der Waals surface area contributed by atoms with E-state index in [2.05, 4.69) is 5.32 Å². The van der Waals surface area contributed by atoms with Gasteiger partial charge in [0.1, 0.15) is 28.5 Å². The second kappa shape index (κ2) is 8.50. The number of anilines is 1. The maximum Gasteiger partial charge on any atom is 0.340 e. The van der Waals surface area contributed by atoms with Gasteiger partial charge in [0.15, 0.2) is 0 Å². The number of aromatic carboxylic acids is 1. The highest BCUT2D eigenvalue weighted by atomic mass is 19.1. The summed E-state index contributed by atoms with van der Waals surface area (Å²) in [4.78, 5) is 12.0. The summed E-state index contributed by atoms with van der Waals surface area (Å²) in [5, 5.41) is 31.7. The van der Waals surface area contributed by atoms with Crippen molar-refractivity contribution in [3.8, 4) is 17.1 Å². The molecule has 0 saturated carbocycles. The van der Waals surface area contributed by atoms with Crippen molar-refractivity contribution in [1.29, 1.82) is 0 Å². The first kappa shape index (κ1) is 20.6. The Morgan fingerprint density at radius 1 is 1.24 bits per heavy atom. The van der Waals surface area contributed by atoms with E-state index in [1.807, 2.05) is 13.8 Å². The van der Waals surface area contributed by atoms with Gasteiger partial charge in [-0.25, -0.2) is 9.18 Å². The fraction of sp³-hybridized carbons (Fsp3) is 0.286. The lowest BCUT2D eigenvalue weighted by Crippen LogP contribution is -2.23. The number of benzene rings is 2. The number of halogens is 1. The number of carboxylic acids is 1. The Bertz CT molecular complexity index is 1010. The fourth-order valence-corrected chi connectivity index (χ4v) is 2.92. The summed E-state index contributed by atoms with van der Waals surface area (Å²) in [6.45, 7) is 3.31. The van der Waals surface area contributed by atoms with Gasteiger partial charge in [-0.3, -0.25) is 0 Å². The predicted octanol–water partition coefficient (Wildman–Crippen LogP) is 3.49. The summed E-state index contributed by atoms with van der Waals surface area (Å²) < 4.78 is 24.9. The van der Waals surface area contributed by atoms with E-state index in [1.165, 1.54) is 24.3 Å². The number of aliphatic hydroxyl groups is 2. The van der Waals surface area contributed by atoms with Crippen LogP contribution in [-0.4, -0.2) is 46.6 Å². The molecule has 1 atom stereocenters. The second-order valence-electron chi connectivity index (χ2n) is 6.85. The number of nitrogens with one attached hydrogen (secondary N) is 1. The molecule has 154 valence electrons. The number of carboxylic acid groups (broad SMARTS) is 1. The van der Waals surface area contributed by atoms with Gasteiger partial charge in [-0.05, 0) is 44.2 Å². The van der Waals surface area contributed by atoms with Gasteiger partial charge in [-0.1, -0.05) is 0 Å². The molecule has 2 aromatic carbocycles. The maximum atomic E-state index is 13.3. The summed E-state index contributed by atoms with van der Waals surface area (Å²) in [5.74, 6) is -1.14. The SMILES string of the molecule is CC(C)Oc1cc2c(C(=O)O)c(-c3ccc(F)cc3)oc2cc1NCC(O)CO. The molecular formula is C21H22FNO6. The third-order valence-electron chi connectivity index (χ3n) is 4.21. The molecule has 1 unspecified atom stereocenters. The number of carbonyl (C=O) groups is 1. The van der Waals surface area contributed by atoms with Crippen LogP contribution in [-0.2, 0) is 0 Å². The highest BCUT2D eigenvalue weighted by Crippen LogP contribution is 2.39. The number of furan rings is 1. The van der Waals surface area contributed by atoms with Crippen LogP contribution in [0.2, 0.25) is 0 Å². The summed E-state index contributed by atoms with van der Waals surface area (Å²) in [6.07, 6.45) is -1.16. The van der Waals surface area contributed by atoms with Crippen LogP contribution in [0.1, 0.15) is 24.2 Å². The molecule has 3 aromatic rings. The largest absolute Gasteiger partial charge is 0.489 e. The van der Waals surface area contributed by atoms with E-state index in [-0.39, 0.29) is 24.0 Å². The number of hydrogen-bond donors (Lipinski definition) is 4. The monoisotopic (exact) mass is 403 g/mol. The van der Waals surface area contributed by atoms with Crippen molar-refractivity contribution in [1.82, 2.24) is 0 Å². The summed E-state index contributed by atoms with van der Waals surface area (Å²) >= 11 is 0. The van der Waals surface area contributed by atoms with E-state index in [9.17, 15) is 19.4 Å². The lowest BCUT2D eigenvalue weighted by atomic mass is 10.0. The zero-order chi connectivity index (χ0) is 21.1. The average molecular weight is 403 g/mol. The molecule has 1 heterocycles. The Hall–Kier alpha value is -3.10. The lowest BCUT2D eigenvalue weighted by Gasteiger charge is -2.17. The number of fused-ring (bicyclic) bond motifs is 1. The summed E-state index contributed by atoms with van der Waals surface area (Å²) in [5.41, 5.74) is 1.15. The van der Waals surface area contributed by atoms with Crippen molar-refractivity contribution in [2.75, 3.05) is 18.5 Å². The van der Waals surface area contributed by atoms with E-state index < -0.39 is 24.5 Å². The molecular weight excluding hydrogens is 381 g/mol. The molecule has 0 fully saturated rings. The van der Waals surface area contributed by atoms with Crippen molar-refractivity contribution >= 4 is 22.6 Å². The highest BCUT2D eigenvalue weighted by Gasteiger charge is 2.24. The molecule has 4 N–H and O–H groups in total. The van der Waals surface area contributed by atoms with E-state index >= 15 is 0 Å². The van der Waals surface area contributed by atoms with Crippen molar-refractivity contribution in [3.63, 3.8) is 0 Å². The zero-order valence-electron chi connectivity index (χ0n) is 16.0. The number of ether oxygens (including phenoxy) is 1. The molecule has 0 bridgehead atoms. The van der Waals surface area contributed by atoms with Gasteiger partial charge in [0, 0.05) is 23.6 Å². The van der Waals surface area contributed by atoms with Gasteiger partial charge < -0.3 is 29.8 Å². The topological polar surface area (TPSA) is 112 Å². The molecule has 0 spiro atoms. The minimum atomic E-state index is -1.19. The normalized spacial score (nSPS) is 12.3. The van der Waals surface area contributed by atoms with E-state index in [0.29, 0.717) is 28.0 Å². The van der Waals surface area contributed by atoms with Crippen LogP contribution in [0.3, 0.4) is 0 Å². The first-order valence-corrected chi connectivity index (χ1v) is 9.09. The van der Waals surface area contributed by atoms with E-state index in [4.69, 9.17) is 14.3 Å². The Morgan fingerprint density at radius 3 is 2.52 bits per heavy atom. The van der Waals surface area contributed by atoms with Crippen LogP contribution in [0.5, 0.6) is 5.75 Å². The van der Waals surface area contributed by atoms with Crippen LogP contribution >= 0.6 is 0 Å². The quantitative estimate of drug-likeness (QED) is 0.455. The molecule has 0 radical (unpaired) electrons. The van der Waals surface area contributed by atoms with Crippen molar-refractivity contribution in [2.24, 2.45) is 0 Å². The number of rotatable bonds is 8. The summed E-state index contributed by atoms with van der Waals surface area (Å²) in [6, 6.07) is 8.48. The minimum Gasteiger partial charge on any atom is -0.489 e. The predicted molar refractivity (Wildman–Crippen MR) is 106 cm³/mol. The Morgan fingerprint density at radius 2 is 1.93 bits per heavy atom. The summed E-state index contributed by atoms with van der Waals surface area (Å²) in [7, 11) is 0. The molecule has 8 heteroatoms. The Kier molecular flexibility index (Phi) is 6.05. The van der Waals surface area contributed by atoms with Crippen LogP contribution in [0.15, 0.2) is 40.8 Å². The van der Waals surface area contributed by atoms with Gasteiger partial charge in [0.2, 0.25) is 0 Å². The third kappa shape index (κ3) is 4.49. The minimum absolute atomic E-state index is 0.0536. The van der Waals surface area contributed by atoms with Gasteiger partial charge in [0.05, 0.1) is 24.5 Å². The van der Waals surface area contributed by atoms with Crippen molar-refractivity contribution < 1.29 is 33.7 Å². The maximum absolute atomic E-state index is 13.3. The van der Waals surface area contributed by atoms with Crippen molar-refractivity contribution in [3.05, 3.63) is 47.8 Å². The first-order chi connectivity index (χ1) is 13.8. The standard InChI is InChI=1S/C21H22FNO6/c1-11(2)28-18-7-15-17(8-16(18)23-9-14(25)10-24)29-20(19(15)21(26)27)12-3-5-13(22)6-4-12/h3-8,11,14,23-25H,9-10H2,1-2H3,(H,26,27). The van der Waals surface area contributed by atoms with Gasteiger partial charge in [-0.2, -0.15) is 0 Å². The fourth-order valence-electron chi connectivity index (χ4n) is 2.92. The molecule has 0 amide bonds. The number of hydrogen-bond acceptors (Lipinski definition) is 6. The molecule has 1 aromatic heterocycles. The molecule has 7 nitrogen and oxygen atoms in total. The molecule has 0 aliphatic carbocycles. The molecule has 0 saturated heterocycles. The number of aliphatic hydroxyl groups excluding tert-OH is 2. The third-order valence-corrected chi connectivity index (χ3v) is 4.21. The van der Waals surface area contributed by atoms with Crippen LogP contribution in [0.25, 0.3) is 22.3 Å². The van der Waals surface area contributed by atoms with Gasteiger partial charge in [0.25, 0.3) is 0 Å². The van der Waals surface area contributed by atoms with Crippen LogP contribution < -0.4 is 10.1 Å². The molecule has 29 heavy (non-hydrogen) atoms. The van der Waals surface area contributed by atoms with E-state index in [0.717, 1.165) is 0 Å². The van der Waals surface area contributed by atoms with Crippen LogP contribution in [0.4, 0.5) is 10.1 Å². The molecule has 0 aliphatic heterocycles. The average Bonchev–Trinajstić information content (AvgIpc) is 3.04. The second-order valence-corrected chi connectivity index (χ2v) is 6.85. The highest BCUT2D eigenvalue weighted by molar-refractivity contribution is 6.09. The van der Waals surface area contributed by atoms with E-state index in [1.54, 1.807) is 12.1 Å². The Balaban J connectivity index is 2.16. The zero-order valence-corrected chi connectivity index (χ0v) is 16.0. The lowest BCUT2D eigenvalue weighted by molar-refractivity contribution is 0.0699. The van der Waals surface area contributed by atoms with Crippen LogP contribution in [0, 0.1) is 5.82 Å². The first-order valence-electron chi connectivity index (χ1n) is 9.09.